The maximum Gasteiger partial charge on any atom is 0.356 e. The van der Waals surface area contributed by atoms with Crippen LogP contribution >= 0.6 is 0 Å². The summed E-state index contributed by atoms with van der Waals surface area (Å²) in [5.74, 6) is -0.367. The second-order valence-electron chi connectivity index (χ2n) is 6.60. The third kappa shape index (κ3) is 2.44. The Hall–Kier alpha value is -3.21. The lowest BCUT2D eigenvalue weighted by Crippen LogP contribution is -2.10. The summed E-state index contributed by atoms with van der Waals surface area (Å²) in [4.78, 5) is 20.7. The molecule has 26 heavy (non-hydrogen) atoms. The molecule has 0 radical (unpaired) electrons. The molecule has 0 saturated heterocycles. The fourth-order valence-corrected chi connectivity index (χ4v) is 3.56. The summed E-state index contributed by atoms with van der Waals surface area (Å²) in [6, 6.07) is 14.3. The average Bonchev–Trinajstić information content (AvgIpc) is 2.84. The molecule has 5 nitrogen and oxygen atoms in total. The van der Waals surface area contributed by atoms with Crippen molar-refractivity contribution in [2.24, 2.45) is 4.99 Å². The highest BCUT2D eigenvalue weighted by Crippen LogP contribution is 2.29. The summed E-state index contributed by atoms with van der Waals surface area (Å²) in [7, 11) is 0. The van der Waals surface area contributed by atoms with Crippen LogP contribution in [0.2, 0.25) is 0 Å². The van der Waals surface area contributed by atoms with Crippen molar-refractivity contribution < 1.29 is 9.90 Å². The molecule has 0 amide bonds. The SMILES string of the molecule is Cc1ccc2c(c1)C(c1ccccc1C)=NCc1c(C(=O)O)nc(C)n1-2. The predicted molar refractivity (Wildman–Crippen MR) is 101 cm³/mol. The van der Waals surface area contributed by atoms with Gasteiger partial charge in [0.2, 0.25) is 0 Å². The highest BCUT2D eigenvalue weighted by molar-refractivity contribution is 6.16. The predicted octanol–water partition coefficient (Wildman–Crippen LogP) is 3.85. The van der Waals surface area contributed by atoms with Gasteiger partial charge >= 0.3 is 5.97 Å². The Labute approximate surface area is 151 Å². The minimum atomic E-state index is -1.02. The summed E-state index contributed by atoms with van der Waals surface area (Å²) in [6.45, 7) is 6.22. The van der Waals surface area contributed by atoms with Gasteiger partial charge in [0.15, 0.2) is 5.69 Å². The first-order valence-electron chi connectivity index (χ1n) is 8.50. The monoisotopic (exact) mass is 345 g/mol. The minimum Gasteiger partial charge on any atom is -0.476 e. The Kier molecular flexibility index (Phi) is 3.72. The maximum atomic E-state index is 11.6. The number of aromatic nitrogens is 2. The van der Waals surface area contributed by atoms with Gasteiger partial charge in [0.1, 0.15) is 5.82 Å². The first-order valence-corrected chi connectivity index (χ1v) is 8.50. The van der Waals surface area contributed by atoms with Gasteiger partial charge in [0.25, 0.3) is 0 Å². The first-order chi connectivity index (χ1) is 12.5. The van der Waals surface area contributed by atoms with Crippen LogP contribution in [0.15, 0.2) is 47.5 Å². The number of carboxylic acids is 1. The number of rotatable bonds is 2. The highest BCUT2D eigenvalue weighted by Gasteiger charge is 2.26. The largest absolute Gasteiger partial charge is 0.476 e. The summed E-state index contributed by atoms with van der Waals surface area (Å²) in [6.07, 6.45) is 0. The van der Waals surface area contributed by atoms with Crippen LogP contribution in [0.5, 0.6) is 0 Å². The van der Waals surface area contributed by atoms with Crippen LogP contribution in [0.1, 0.15) is 44.3 Å². The number of carbonyl (C=O) groups is 1. The smallest absolute Gasteiger partial charge is 0.356 e. The number of imidazole rings is 1. The van der Waals surface area contributed by atoms with Crippen LogP contribution in [-0.4, -0.2) is 26.3 Å². The van der Waals surface area contributed by atoms with E-state index in [4.69, 9.17) is 4.99 Å². The fourth-order valence-electron chi connectivity index (χ4n) is 3.56. The molecule has 0 atom stereocenters. The molecule has 1 aliphatic heterocycles. The lowest BCUT2D eigenvalue weighted by molar-refractivity contribution is 0.0689. The van der Waals surface area contributed by atoms with Gasteiger partial charge in [-0.15, -0.1) is 0 Å². The molecular weight excluding hydrogens is 326 g/mol. The van der Waals surface area contributed by atoms with Crippen LogP contribution in [0.4, 0.5) is 0 Å². The Bertz CT molecular complexity index is 1080. The Balaban J connectivity index is 2.05. The lowest BCUT2D eigenvalue weighted by atomic mass is 9.95. The van der Waals surface area contributed by atoms with Gasteiger partial charge in [0, 0.05) is 11.1 Å². The van der Waals surface area contributed by atoms with Crippen molar-refractivity contribution in [3.63, 3.8) is 0 Å². The van der Waals surface area contributed by atoms with Gasteiger partial charge < -0.3 is 5.11 Å². The van der Waals surface area contributed by atoms with E-state index in [0.29, 0.717) is 11.5 Å². The number of aromatic carboxylic acids is 1. The molecule has 5 heteroatoms. The van der Waals surface area contributed by atoms with Crippen LogP contribution in [0, 0.1) is 20.8 Å². The summed E-state index contributed by atoms with van der Waals surface area (Å²) in [5, 5.41) is 9.54. The van der Waals surface area contributed by atoms with Gasteiger partial charge in [-0.2, -0.15) is 0 Å². The van der Waals surface area contributed by atoms with Crippen LogP contribution in [0.3, 0.4) is 0 Å². The standard InChI is InChI=1S/C21H19N3O2/c1-12-8-9-17-16(10-12)19(15-7-5-4-6-13(15)2)22-11-18-20(21(25)26)23-14(3)24(17)18/h4-10H,11H2,1-3H3,(H,25,26). The Morgan fingerprint density at radius 3 is 2.58 bits per heavy atom. The average molecular weight is 345 g/mol. The zero-order valence-electron chi connectivity index (χ0n) is 14.9. The number of aryl methyl sites for hydroxylation is 3. The Morgan fingerprint density at radius 2 is 1.85 bits per heavy atom. The van der Waals surface area contributed by atoms with E-state index < -0.39 is 5.97 Å². The molecule has 2 aromatic carbocycles. The molecular formula is C21H19N3O2. The molecule has 0 unspecified atom stereocenters. The van der Waals surface area contributed by atoms with Gasteiger partial charge in [-0.3, -0.25) is 9.56 Å². The quantitative estimate of drug-likeness (QED) is 0.767. The molecule has 0 bridgehead atoms. The van der Waals surface area contributed by atoms with Crippen molar-refractivity contribution in [3.8, 4) is 5.69 Å². The molecule has 0 saturated carbocycles. The zero-order chi connectivity index (χ0) is 18.4. The number of benzene rings is 2. The fraction of sp³-hybridized carbons (Fsp3) is 0.190. The molecule has 0 aliphatic carbocycles. The van der Waals surface area contributed by atoms with Crippen LogP contribution in [-0.2, 0) is 6.54 Å². The van der Waals surface area contributed by atoms with E-state index in [0.717, 1.165) is 33.7 Å². The van der Waals surface area contributed by atoms with Crippen LogP contribution in [0.25, 0.3) is 5.69 Å². The third-order valence-electron chi connectivity index (χ3n) is 4.78. The van der Waals surface area contributed by atoms with Gasteiger partial charge in [0.05, 0.1) is 23.6 Å². The topological polar surface area (TPSA) is 67.5 Å². The first kappa shape index (κ1) is 16.3. The van der Waals surface area contributed by atoms with Gasteiger partial charge in [-0.05, 0) is 38.5 Å². The van der Waals surface area contributed by atoms with Gasteiger partial charge in [-0.25, -0.2) is 9.78 Å². The second kappa shape index (κ2) is 5.95. The highest BCUT2D eigenvalue weighted by atomic mass is 16.4. The zero-order valence-corrected chi connectivity index (χ0v) is 14.9. The number of carboxylic acid groups (broad SMARTS) is 1. The number of hydrogen-bond acceptors (Lipinski definition) is 3. The number of hydrogen-bond donors (Lipinski definition) is 1. The molecule has 1 aliphatic rings. The molecule has 0 spiro atoms. The van der Waals surface area contributed by atoms with E-state index in [1.165, 1.54) is 0 Å². The minimum absolute atomic E-state index is 0.0730. The number of nitrogens with zero attached hydrogens (tertiary/aromatic N) is 3. The van der Waals surface area contributed by atoms with E-state index in [1.807, 2.05) is 42.7 Å². The summed E-state index contributed by atoms with van der Waals surface area (Å²) in [5.41, 5.74) is 6.82. The maximum absolute atomic E-state index is 11.6. The van der Waals surface area contributed by atoms with Crippen molar-refractivity contribution in [1.82, 2.24) is 9.55 Å². The summed E-state index contributed by atoms with van der Waals surface area (Å²) >= 11 is 0. The van der Waals surface area contributed by atoms with E-state index >= 15 is 0 Å². The van der Waals surface area contributed by atoms with Crippen molar-refractivity contribution >= 4 is 11.7 Å². The van der Waals surface area contributed by atoms with Crippen molar-refractivity contribution in [3.05, 3.63) is 81.9 Å². The number of aliphatic imine (C=N–C) groups is 1. The van der Waals surface area contributed by atoms with Crippen molar-refractivity contribution in [2.75, 3.05) is 0 Å². The van der Waals surface area contributed by atoms with E-state index in [2.05, 4.69) is 30.1 Å². The van der Waals surface area contributed by atoms with Crippen LogP contribution < -0.4 is 0 Å². The lowest BCUT2D eigenvalue weighted by Gasteiger charge is -2.15. The molecule has 4 rings (SSSR count). The van der Waals surface area contributed by atoms with E-state index in [9.17, 15) is 9.90 Å². The summed E-state index contributed by atoms with van der Waals surface area (Å²) < 4.78 is 1.92. The second-order valence-corrected chi connectivity index (χ2v) is 6.60. The van der Waals surface area contributed by atoms with Crippen molar-refractivity contribution in [1.29, 1.82) is 0 Å². The molecule has 1 N–H and O–H groups in total. The Morgan fingerprint density at radius 1 is 1.08 bits per heavy atom. The molecule has 3 aromatic rings. The molecule has 1 aromatic heterocycles. The third-order valence-corrected chi connectivity index (χ3v) is 4.78. The van der Waals surface area contributed by atoms with E-state index in [1.54, 1.807) is 0 Å². The van der Waals surface area contributed by atoms with Gasteiger partial charge in [-0.1, -0.05) is 35.9 Å². The molecule has 0 fully saturated rings. The van der Waals surface area contributed by atoms with E-state index in [-0.39, 0.29) is 12.2 Å². The normalized spacial score (nSPS) is 12.8. The van der Waals surface area contributed by atoms with Crippen molar-refractivity contribution in [2.45, 2.75) is 27.3 Å². The molecule has 130 valence electrons. The number of fused-ring (bicyclic) bond motifs is 3. The molecule has 2 heterocycles.